The number of hydrogen-bond donors (Lipinski definition) is 0. The summed E-state index contributed by atoms with van der Waals surface area (Å²) in [6.45, 7) is -0.136. The van der Waals surface area contributed by atoms with E-state index < -0.39 is 27.1 Å². The average Bonchev–Trinajstić information content (AvgIpc) is 3.00. The van der Waals surface area contributed by atoms with Gasteiger partial charge in [-0.25, -0.2) is 8.42 Å². The average molecular weight is 359 g/mol. The van der Waals surface area contributed by atoms with E-state index in [4.69, 9.17) is 0 Å². The fourth-order valence-electron chi connectivity index (χ4n) is 3.05. The summed E-state index contributed by atoms with van der Waals surface area (Å²) in [4.78, 5) is 0. The summed E-state index contributed by atoms with van der Waals surface area (Å²) >= 11 is 0. The van der Waals surface area contributed by atoms with Crippen LogP contribution in [-0.4, -0.2) is 29.0 Å². The summed E-state index contributed by atoms with van der Waals surface area (Å²) in [5, 5.41) is 2.91. The van der Waals surface area contributed by atoms with Gasteiger partial charge < -0.3 is 0 Å². The van der Waals surface area contributed by atoms with Crippen molar-refractivity contribution in [3.05, 3.63) is 53.3 Å². The number of nitrogens with zero attached hydrogens (tertiary/aromatic N) is 3. The fourth-order valence-corrected chi connectivity index (χ4v) is 4.99. The summed E-state index contributed by atoms with van der Waals surface area (Å²) in [6, 6.07) is 8.72. The zero-order valence-corrected chi connectivity index (χ0v) is 13.7. The SMILES string of the molecule is Cn1ncc(CN2CCC(c3ccccc3)S2(=O)=O)c1C(F)(F)F. The van der Waals surface area contributed by atoms with Crippen molar-refractivity contribution in [1.29, 1.82) is 0 Å². The Morgan fingerprint density at radius 2 is 1.92 bits per heavy atom. The Balaban J connectivity index is 1.88. The van der Waals surface area contributed by atoms with Gasteiger partial charge in [-0.15, -0.1) is 0 Å². The lowest BCUT2D eigenvalue weighted by Crippen LogP contribution is -2.27. The zero-order valence-electron chi connectivity index (χ0n) is 12.9. The molecule has 24 heavy (non-hydrogen) atoms. The first kappa shape index (κ1) is 17.0. The maximum atomic E-state index is 13.1. The van der Waals surface area contributed by atoms with Crippen LogP contribution in [0.15, 0.2) is 36.5 Å². The van der Waals surface area contributed by atoms with Gasteiger partial charge in [-0.2, -0.15) is 22.6 Å². The van der Waals surface area contributed by atoms with Gasteiger partial charge in [-0.1, -0.05) is 30.3 Å². The van der Waals surface area contributed by atoms with Gasteiger partial charge in [-0.3, -0.25) is 4.68 Å². The third kappa shape index (κ3) is 2.93. The molecule has 0 spiro atoms. The molecule has 1 aliphatic rings. The molecule has 0 N–H and O–H groups in total. The van der Waals surface area contributed by atoms with Gasteiger partial charge in [0.05, 0.1) is 6.20 Å². The molecule has 3 rings (SSSR count). The molecule has 1 fully saturated rings. The molecule has 0 aliphatic carbocycles. The maximum absolute atomic E-state index is 13.1. The minimum absolute atomic E-state index is 0.137. The number of halogens is 3. The summed E-state index contributed by atoms with van der Waals surface area (Å²) in [5.41, 5.74) is -0.398. The molecule has 2 aromatic rings. The van der Waals surface area contributed by atoms with Crippen molar-refractivity contribution >= 4 is 10.0 Å². The zero-order chi connectivity index (χ0) is 17.5. The van der Waals surface area contributed by atoms with Crippen LogP contribution in [-0.2, 0) is 29.8 Å². The molecule has 5 nitrogen and oxygen atoms in total. The van der Waals surface area contributed by atoms with Crippen molar-refractivity contribution in [3.8, 4) is 0 Å². The van der Waals surface area contributed by atoms with Crippen molar-refractivity contribution in [3.63, 3.8) is 0 Å². The van der Waals surface area contributed by atoms with E-state index in [0.717, 1.165) is 15.2 Å². The predicted molar refractivity (Wildman–Crippen MR) is 81.3 cm³/mol. The first-order valence-corrected chi connectivity index (χ1v) is 8.83. The molecule has 1 aromatic heterocycles. The second kappa shape index (κ2) is 5.89. The predicted octanol–water partition coefficient (Wildman–Crippen LogP) is 2.72. The molecule has 1 saturated heterocycles. The Hall–Kier alpha value is -1.87. The van der Waals surface area contributed by atoms with Crippen LogP contribution in [0, 0.1) is 0 Å². The standard InChI is InChI=1S/C15H16F3N3O2S/c1-20-14(15(16,17)18)12(9-19-20)10-21-8-7-13(24(21,22)23)11-5-3-2-4-6-11/h2-6,9,13H,7-8,10H2,1H3. The number of aryl methyl sites for hydroxylation is 1. The molecule has 0 saturated carbocycles. The number of aromatic nitrogens is 2. The molecule has 9 heteroatoms. The van der Waals surface area contributed by atoms with Crippen LogP contribution < -0.4 is 0 Å². The molecule has 0 radical (unpaired) electrons. The van der Waals surface area contributed by atoms with E-state index in [1.165, 1.54) is 7.05 Å². The number of sulfonamides is 1. The molecule has 1 unspecified atom stereocenters. The Labute approximate surface area is 137 Å². The third-order valence-electron chi connectivity index (χ3n) is 4.16. The summed E-state index contributed by atoms with van der Waals surface area (Å²) < 4.78 is 66.6. The Morgan fingerprint density at radius 3 is 2.54 bits per heavy atom. The fraction of sp³-hybridized carbons (Fsp3) is 0.400. The molecule has 1 aliphatic heterocycles. The van der Waals surface area contributed by atoms with Crippen LogP contribution in [0.25, 0.3) is 0 Å². The van der Waals surface area contributed by atoms with E-state index in [9.17, 15) is 21.6 Å². The minimum Gasteiger partial charge on any atom is -0.263 e. The van der Waals surface area contributed by atoms with Gasteiger partial charge in [0.2, 0.25) is 10.0 Å². The third-order valence-corrected chi connectivity index (χ3v) is 6.42. The van der Waals surface area contributed by atoms with Crippen molar-refractivity contribution in [2.24, 2.45) is 7.05 Å². The van der Waals surface area contributed by atoms with Gasteiger partial charge in [0.25, 0.3) is 0 Å². The van der Waals surface area contributed by atoms with E-state index in [1.54, 1.807) is 30.3 Å². The highest BCUT2D eigenvalue weighted by Gasteiger charge is 2.42. The molecular formula is C15H16F3N3O2S. The van der Waals surface area contributed by atoms with Gasteiger partial charge in [0.15, 0.2) is 0 Å². The highest BCUT2D eigenvalue weighted by Crippen LogP contribution is 2.38. The molecule has 130 valence electrons. The van der Waals surface area contributed by atoms with Gasteiger partial charge in [0.1, 0.15) is 10.9 Å². The van der Waals surface area contributed by atoms with Crippen molar-refractivity contribution in [2.45, 2.75) is 24.4 Å². The van der Waals surface area contributed by atoms with Crippen LogP contribution in [0.2, 0.25) is 0 Å². The van der Waals surface area contributed by atoms with E-state index in [2.05, 4.69) is 5.10 Å². The topological polar surface area (TPSA) is 55.2 Å². The van der Waals surface area contributed by atoms with Crippen molar-refractivity contribution in [1.82, 2.24) is 14.1 Å². The largest absolute Gasteiger partial charge is 0.433 e. The second-order valence-electron chi connectivity index (χ2n) is 5.71. The molecule has 1 aromatic carbocycles. The number of benzene rings is 1. The van der Waals surface area contributed by atoms with Gasteiger partial charge in [-0.05, 0) is 12.0 Å². The van der Waals surface area contributed by atoms with E-state index in [0.29, 0.717) is 12.0 Å². The molecule has 0 amide bonds. The lowest BCUT2D eigenvalue weighted by molar-refractivity contribution is -0.144. The van der Waals surface area contributed by atoms with Crippen LogP contribution in [0.4, 0.5) is 13.2 Å². The first-order valence-electron chi connectivity index (χ1n) is 7.33. The lowest BCUT2D eigenvalue weighted by Gasteiger charge is -2.18. The monoisotopic (exact) mass is 359 g/mol. The number of rotatable bonds is 3. The maximum Gasteiger partial charge on any atom is 0.433 e. The van der Waals surface area contributed by atoms with Crippen molar-refractivity contribution < 1.29 is 21.6 Å². The van der Waals surface area contributed by atoms with Gasteiger partial charge >= 0.3 is 6.18 Å². The summed E-state index contributed by atoms with van der Waals surface area (Å²) in [7, 11) is -2.51. The summed E-state index contributed by atoms with van der Waals surface area (Å²) in [6.07, 6.45) is -3.15. The van der Waals surface area contributed by atoms with Crippen LogP contribution >= 0.6 is 0 Å². The van der Waals surface area contributed by atoms with Gasteiger partial charge in [0, 0.05) is 25.7 Å². The van der Waals surface area contributed by atoms with E-state index in [-0.39, 0.29) is 18.7 Å². The van der Waals surface area contributed by atoms with Crippen molar-refractivity contribution in [2.75, 3.05) is 6.54 Å². The normalized spacial score (nSPS) is 21.2. The quantitative estimate of drug-likeness (QED) is 0.847. The number of alkyl halides is 3. The summed E-state index contributed by atoms with van der Waals surface area (Å²) in [5.74, 6) is 0. The Morgan fingerprint density at radius 1 is 1.25 bits per heavy atom. The van der Waals surface area contributed by atoms with Crippen LogP contribution in [0.3, 0.4) is 0 Å². The minimum atomic E-state index is -4.58. The lowest BCUT2D eigenvalue weighted by atomic mass is 10.1. The smallest absolute Gasteiger partial charge is 0.263 e. The van der Waals surface area contributed by atoms with E-state index in [1.807, 2.05) is 0 Å². The Bertz CT molecular complexity index is 831. The van der Waals surface area contributed by atoms with E-state index >= 15 is 0 Å². The molecule has 0 bridgehead atoms. The first-order chi connectivity index (χ1) is 11.2. The highest BCUT2D eigenvalue weighted by molar-refractivity contribution is 7.89. The van der Waals surface area contributed by atoms with Crippen LogP contribution in [0.5, 0.6) is 0 Å². The molecule has 2 heterocycles. The molecule has 1 atom stereocenters. The van der Waals surface area contributed by atoms with Crippen LogP contribution in [0.1, 0.15) is 28.5 Å². The number of hydrogen-bond acceptors (Lipinski definition) is 3. The Kier molecular flexibility index (Phi) is 4.16. The molecular weight excluding hydrogens is 343 g/mol. The highest BCUT2D eigenvalue weighted by atomic mass is 32.2. The second-order valence-corrected chi connectivity index (χ2v) is 7.82.